The fourth-order valence-corrected chi connectivity index (χ4v) is 4.33. The summed E-state index contributed by atoms with van der Waals surface area (Å²) in [7, 11) is 0. The van der Waals surface area contributed by atoms with Crippen molar-refractivity contribution in [3.05, 3.63) is 0 Å². The van der Waals surface area contributed by atoms with Crippen molar-refractivity contribution in [2.45, 2.75) is 50.1 Å². The number of aliphatic carboxylic acids is 1. The molecule has 20 heavy (non-hydrogen) atoms. The van der Waals surface area contributed by atoms with Crippen LogP contribution in [0.5, 0.6) is 0 Å². The van der Waals surface area contributed by atoms with Gasteiger partial charge in [-0.05, 0) is 19.3 Å². The Morgan fingerprint density at radius 1 is 1.45 bits per heavy atom. The number of rotatable bonds is 3. The molecule has 0 saturated carbocycles. The van der Waals surface area contributed by atoms with Gasteiger partial charge < -0.3 is 15.7 Å². The van der Waals surface area contributed by atoms with Gasteiger partial charge in [0.15, 0.2) is 0 Å². The summed E-state index contributed by atoms with van der Waals surface area (Å²) in [4.78, 5) is 27.3. The van der Waals surface area contributed by atoms with Gasteiger partial charge in [0.2, 0.25) is 0 Å². The summed E-state index contributed by atoms with van der Waals surface area (Å²) in [5.41, 5.74) is 5.92. The van der Waals surface area contributed by atoms with Gasteiger partial charge in [0, 0.05) is 24.9 Å². The van der Waals surface area contributed by atoms with Crippen molar-refractivity contribution in [3.63, 3.8) is 0 Å². The predicted molar refractivity (Wildman–Crippen MR) is 78.6 cm³/mol. The Bertz CT molecular complexity index is 380. The molecular weight excluding hydrogens is 278 g/mol. The van der Waals surface area contributed by atoms with E-state index in [1.54, 1.807) is 21.6 Å². The van der Waals surface area contributed by atoms with Gasteiger partial charge in [0.1, 0.15) is 6.04 Å². The minimum atomic E-state index is -0.911. The first-order valence-corrected chi connectivity index (χ1v) is 8.26. The van der Waals surface area contributed by atoms with Gasteiger partial charge in [-0.2, -0.15) is 0 Å². The maximum absolute atomic E-state index is 12.7. The molecule has 3 unspecified atom stereocenters. The van der Waals surface area contributed by atoms with Crippen molar-refractivity contribution < 1.29 is 14.7 Å². The minimum absolute atomic E-state index is 0.0101. The number of carboxylic acids is 1. The summed E-state index contributed by atoms with van der Waals surface area (Å²) in [5.74, 6) is -0.434. The lowest BCUT2D eigenvalue weighted by Crippen LogP contribution is -2.55. The van der Waals surface area contributed by atoms with E-state index in [2.05, 4.69) is 0 Å². The number of carboxylic acid groups (broad SMARTS) is 1. The smallest absolute Gasteiger partial charge is 0.327 e. The fourth-order valence-electron chi connectivity index (χ4n) is 2.83. The van der Waals surface area contributed by atoms with Crippen molar-refractivity contribution in [1.82, 2.24) is 9.80 Å². The topological polar surface area (TPSA) is 86.9 Å². The second-order valence-corrected chi connectivity index (χ2v) is 6.68. The highest BCUT2D eigenvalue weighted by Gasteiger charge is 2.43. The molecule has 2 saturated heterocycles. The predicted octanol–water partition coefficient (Wildman–Crippen LogP) is 1.16. The van der Waals surface area contributed by atoms with Gasteiger partial charge in [-0.25, -0.2) is 9.59 Å². The molecule has 2 rings (SSSR count). The van der Waals surface area contributed by atoms with Gasteiger partial charge in [-0.3, -0.25) is 4.90 Å². The number of amides is 2. The van der Waals surface area contributed by atoms with Crippen LogP contribution in [0.4, 0.5) is 4.79 Å². The second-order valence-electron chi connectivity index (χ2n) is 5.47. The third-order valence-corrected chi connectivity index (χ3v) is 5.22. The average molecular weight is 301 g/mol. The number of thioether (sulfide) groups is 1. The van der Waals surface area contributed by atoms with Crippen LogP contribution in [0.15, 0.2) is 0 Å². The van der Waals surface area contributed by atoms with Crippen molar-refractivity contribution >= 4 is 23.8 Å². The zero-order valence-electron chi connectivity index (χ0n) is 11.8. The number of urea groups is 1. The van der Waals surface area contributed by atoms with Crippen LogP contribution in [0.1, 0.15) is 32.6 Å². The Balaban J connectivity index is 2.11. The Hall–Kier alpha value is -0.950. The highest BCUT2D eigenvalue weighted by atomic mass is 32.2. The maximum atomic E-state index is 12.7. The van der Waals surface area contributed by atoms with Crippen LogP contribution in [-0.2, 0) is 4.79 Å². The monoisotopic (exact) mass is 301 g/mol. The summed E-state index contributed by atoms with van der Waals surface area (Å²) in [5, 5.41) is 9.30. The summed E-state index contributed by atoms with van der Waals surface area (Å²) in [6.45, 7) is 3.26. The molecule has 2 aliphatic heterocycles. The Kier molecular flexibility index (Phi) is 5.15. The lowest BCUT2D eigenvalue weighted by atomic mass is 10.1. The number of hydrogen-bond donors (Lipinski definition) is 2. The van der Waals surface area contributed by atoms with E-state index >= 15 is 0 Å². The molecule has 0 radical (unpaired) electrons. The number of carbonyl (C=O) groups is 2. The Morgan fingerprint density at radius 3 is 2.80 bits per heavy atom. The van der Waals surface area contributed by atoms with E-state index < -0.39 is 12.0 Å². The Labute approximate surface area is 123 Å². The lowest BCUT2D eigenvalue weighted by molar-refractivity contribution is -0.141. The van der Waals surface area contributed by atoms with Gasteiger partial charge in [0.05, 0.1) is 5.37 Å². The van der Waals surface area contributed by atoms with Crippen molar-refractivity contribution in [1.29, 1.82) is 0 Å². The van der Waals surface area contributed by atoms with Crippen molar-refractivity contribution in [2.75, 3.05) is 18.8 Å². The number of hydrogen-bond acceptors (Lipinski definition) is 4. The van der Waals surface area contributed by atoms with Crippen LogP contribution in [0.2, 0.25) is 0 Å². The molecule has 2 heterocycles. The van der Waals surface area contributed by atoms with Crippen LogP contribution in [0, 0.1) is 0 Å². The normalized spacial score (nSPS) is 30.6. The number of nitrogens with zero attached hydrogens (tertiary/aromatic N) is 2. The molecule has 0 spiro atoms. The molecule has 114 valence electrons. The largest absolute Gasteiger partial charge is 0.480 e. The number of piperidine rings is 1. The van der Waals surface area contributed by atoms with E-state index in [4.69, 9.17) is 5.73 Å². The van der Waals surface area contributed by atoms with Crippen LogP contribution < -0.4 is 5.73 Å². The average Bonchev–Trinajstić information content (AvgIpc) is 2.82. The quantitative estimate of drug-likeness (QED) is 0.817. The summed E-state index contributed by atoms with van der Waals surface area (Å²) >= 11 is 1.57. The molecule has 0 aliphatic carbocycles. The number of carbonyl (C=O) groups excluding carboxylic acids is 1. The fraction of sp³-hybridized carbons (Fsp3) is 0.846. The van der Waals surface area contributed by atoms with E-state index in [1.165, 1.54) is 0 Å². The molecule has 6 nitrogen and oxygen atoms in total. The van der Waals surface area contributed by atoms with Crippen molar-refractivity contribution in [2.24, 2.45) is 5.73 Å². The highest BCUT2D eigenvalue weighted by molar-refractivity contribution is 8.00. The highest BCUT2D eigenvalue weighted by Crippen LogP contribution is 2.33. The van der Waals surface area contributed by atoms with E-state index in [-0.39, 0.29) is 17.4 Å². The third kappa shape index (κ3) is 3.20. The summed E-state index contributed by atoms with van der Waals surface area (Å²) in [6.07, 6.45) is 3.59. The van der Waals surface area contributed by atoms with Crippen LogP contribution in [0.25, 0.3) is 0 Å². The molecule has 2 aliphatic rings. The molecule has 0 aromatic carbocycles. The first-order chi connectivity index (χ1) is 9.54. The lowest BCUT2D eigenvalue weighted by Gasteiger charge is -2.37. The molecule has 3 atom stereocenters. The van der Waals surface area contributed by atoms with E-state index in [0.29, 0.717) is 18.8 Å². The minimum Gasteiger partial charge on any atom is -0.480 e. The molecule has 0 aromatic rings. The summed E-state index contributed by atoms with van der Waals surface area (Å²) in [6, 6.07) is -0.853. The van der Waals surface area contributed by atoms with Gasteiger partial charge in [-0.1, -0.05) is 13.3 Å². The van der Waals surface area contributed by atoms with Crippen LogP contribution in [0.3, 0.4) is 0 Å². The molecule has 0 aromatic heterocycles. The third-order valence-electron chi connectivity index (χ3n) is 3.86. The molecular formula is C13H23N3O3S. The SMILES string of the molecule is CCCC1SCC(C(=O)O)N1C(=O)N1CCCC(N)C1. The number of nitrogens with two attached hydrogens (primary N) is 1. The molecule has 0 bridgehead atoms. The van der Waals surface area contributed by atoms with Crippen molar-refractivity contribution in [3.8, 4) is 0 Å². The standard InChI is InChI=1S/C13H23N3O3S/c1-2-4-11-16(10(8-20-11)12(17)18)13(19)15-6-3-5-9(14)7-15/h9-11H,2-8,14H2,1H3,(H,17,18). The zero-order valence-corrected chi connectivity index (χ0v) is 12.6. The summed E-state index contributed by atoms with van der Waals surface area (Å²) < 4.78 is 0. The first-order valence-electron chi connectivity index (χ1n) is 7.21. The van der Waals surface area contributed by atoms with E-state index in [9.17, 15) is 14.7 Å². The van der Waals surface area contributed by atoms with Crippen LogP contribution in [-0.4, -0.2) is 63.2 Å². The number of likely N-dealkylation sites (tertiary alicyclic amines) is 1. The van der Waals surface area contributed by atoms with Gasteiger partial charge >= 0.3 is 12.0 Å². The van der Waals surface area contributed by atoms with Gasteiger partial charge in [-0.15, -0.1) is 11.8 Å². The molecule has 7 heteroatoms. The van der Waals surface area contributed by atoms with E-state index in [1.807, 2.05) is 6.92 Å². The van der Waals surface area contributed by atoms with Crippen LogP contribution >= 0.6 is 11.8 Å². The first kappa shape index (κ1) is 15.4. The molecule has 2 fully saturated rings. The molecule has 2 amide bonds. The van der Waals surface area contributed by atoms with E-state index in [0.717, 1.165) is 25.7 Å². The second kappa shape index (κ2) is 6.67. The molecule has 3 N–H and O–H groups in total. The Morgan fingerprint density at radius 2 is 2.20 bits per heavy atom. The van der Waals surface area contributed by atoms with Gasteiger partial charge in [0.25, 0.3) is 0 Å². The zero-order chi connectivity index (χ0) is 14.7. The maximum Gasteiger partial charge on any atom is 0.327 e.